The van der Waals surface area contributed by atoms with Crippen LogP contribution in [0, 0.1) is 11.8 Å². The molecule has 0 saturated heterocycles. The first-order valence-corrected chi connectivity index (χ1v) is 4.11. The van der Waals surface area contributed by atoms with Crippen molar-refractivity contribution in [2.45, 2.75) is 12.8 Å². The molecule has 0 aromatic heterocycles. The third-order valence-electron chi connectivity index (χ3n) is 2.27. The molecule has 0 fully saturated rings. The lowest BCUT2D eigenvalue weighted by atomic mass is 9.82. The molecule has 0 aromatic carbocycles. The van der Waals surface area contributed by atoms with E-state index in [1.165, 1.54) is 0 Å². The number of nitrogens with two attached hydrogens (primary N) is 1. The molecule has 1 rings (SSSR count). The first-order valence-electron chi connectivity index (χ1n) is 4.11. The van der Waals surface area contributed by atoms with Crippen molar-refractivity contribution >= 4 is 18.5 Å². The minimum Gasteiger partial charge on any atom is -0.369 e. The van der Waals surface area contributed by atoms with E-state index in [-0.39, 0.29) is 5.91 Å². The van der Waals surface area contributed by atoms with Gasteiger partial charge in [-0.25, -0.2) is 4.99 Å². The molecule has 0 radical (unpaired) electrons. The molecule has 13 heavy (non-hydrogen) atoms. The Balaban J connectivity index is 2.80. The Morgan fingerprint density at radius 1 is 1.31 bits per heavy atom. The summed E-state index contributed by atoms with van der Waals surface area (Å²) in [5, 5.41) is 0. The lowest BCUT2D eigenvalue weighted by molar-refractivity contribution is -0.131. The summed E-state index contributed by atoms with van der Waals surface area (Å²) in [5.41, 5.74) is 5.16. The first-order chi connectivity index (χ1) is 6.16. The molecule has 4 heteroatoms. The van der Waals surface area contributed by atoms with E-state index in [9.17, 15) is 9.59 Å². The van der Waals surface area contributed by atoms with E-state index in [1.807, 2.05) is 12.2 Å². The molecule has 1 aliphatic rings. The van der Waals surface area contributed by atoms with Crippen molar-refractivity contribution in [3.8, 4) is 0 Å². The lowest BCUT2D eigenvalue weighted by Gasteiger charge is -2.22. The Morgan fingerprint density at radius 3 is 2.31 bits per heavy atom. The van der Waals surface area contributed by atoms with Crippen molar-refractivity contribution in [3.63, 3.8) is 0 Å². The molecule has 0 aromatic rings. The van der Waals surface area contributed by atoms with Gasteiger partial charge in [-0.05, 0) is 19.6 Å². The lowest BCUT2D eigenvalue weighted by Crippen LogP contribution is -2.34. The average molecular weight is 180 g/mol. The fraction of sp³-hybridized carbons (Fsp3) is 0.444. The second kappa shape index (κ2) is 3.98. The van der Waals surface area contributed by atoms with Crippen molar-refractivity contribution in [1.82, 2.24) is 0 Å². The summed E-state index contributed by atoms with van der Waals surface area (Å²) in [6, 6.07) is 0. The summed E-state index contributed by atoms with van der Waals surface area (Å²) >= 11 is 0. The highest BCUT2D eigenvalue weighted by molar-refractivity contribution is 5.89. The number of aliphatic imine (C=N–C) groups is 1. The van der Waals surface area contributed by atoms with E-state index in [0.29, 0.717) is 12.8 Å². The van der Waals surface area contributed by atoms with E-state index >= 15 is 0 Å². The summed E-state index contributed by atoms with van der Waals surface area (Å²) < 4.78 is 0. The van der Waals surface area contributed by atoms with Crippen molar-refractivity contribution in [1.29, 1.82) is 0 Å². The summed E-state index contributed by atoms with van der Waals surface area (Å²) in [5.74, 6) is -1.59. The van der Waals surface area contributed by atoms with Gasteiger partial charge in [0, 0.05) is 0 Å². The van der Waals surface area contributed by atoms with Crippen LogP contribution >= 0.6 is 0 Å². The zero-order valence-corrected chi connectivity index (χ0v) is 7.27. The van der Waals surface area contributed by atoms with Crippen LogP contribution in [0.1, 0.15) is 12.8 Å². The van der Waals surface area contributed by atoms with Crippen LogP contribution in [-0.2, 0) is 9.59 Å². The number of nitrogens with zero attached hydrogens (tertiary/aromatic N) is 1. The fourth-order valence-corrected chi connectivity index (χ4v) is 1.52. The molecule has 70 valence electrons. The molecule has 2 atom stereocenters. The molecule has 2 amide bonds. The number of carbonyl (C=O) groups excluding carboxylic acids is 2. The summed E-state index contributed by atoms with van der Waals surface area (Å²) in [7, 11) is 0. The minimum atomic E-state index is -0.439. The number of primary amides is 1. The number of carbonyl (C=O) groups is 2. The molecular formula is C9H12N2O2. The van der Waals surface area contributed by atoms with Gasteiger partial charge in [-0.15, -0.1) is 0 Å². The van der Waals surface area contributed by atoms with Gasteiger partial charge in [0.25, 0.3) is 0 Å². The zero-order valence-electron chi connectivity index (χ0n) is 7.27. The maximum Gasteiger partial charge on any atom is 0.249 e. The van der Waals surface area contributed by atoms with Crippen molar-refractivity contribution < 1.29 is 9.59 Å². The summed E-state index contributed by atoms with van der Waals surface area (Å²) in [6.07, 6.45) is 4.79. The van der Waals surface area contributed by atoms with Crippen molar-refractivity contribution in [2.24, 2.45) is 22.6 Å². The van der Waals surface area contributed by atoms with E-state index < -0.39 is 17.7 Å². The topological polar surface area (TPSA) is 72.5 Å². The van der Waals surface area contributed by atoms with Gasteiger partial charge in [-0.3, -0.25) is 9.59 Å². The van der Waals surface area contributed by atoms with Gasteiger partial charge in [-0.2, -0.15) is 0 Å². The molecule has 2 unspecified atom stereocenters. The normalized spacial score (nSPS) is 26.8. The van der Waals surface area contributed by atoms with Crippen LogP contribution in [0.15, 0.2) is 17.1 Å². The third-order valence-corrected chi connectivity index (χ3v) is 2.27. The van der Waals surface area contributed by atoms with E-state index in [2.05, 4.69) is 11.7 Å². The second-order valence-corrected chi connectivity index (χ2v) is 3.05. The standard InChI is InChI=1S/C9H12N2O2/c1-11-9(13)7-5-3-2-4-6(7)8(10)12/h2-3,6-7H,1,4-5H2,(H2,10,12). The largest absolute Gasteiger partial charge is 0.369 e. The van der Waals surface area contributed by atoms with E-state index in [0.717, 1.165) is 0 Å². The molecular weight excluding hydrogens is 168 g/mol. The summed E-state index contributed by atoms with van der Waals surface area (Å²) in [6.45, 7) is 3.15. The molecule has 0 aliphatic heterocycles. The van der Waals surface area contributed by atoms with Crippen LogP contribution in [0.25, 0.3) is 0 Å². The summed E-state index contributed by atoms with van der Waals surface area (Å²) in [4.78, 5) is 25.5. The van der Waals surface area contributed by atoms with E-state index in [4.69, 9.17) is 5.73 Å². The van der Waals surface area contributed by atoms with Crippen LogP contribution in [0.2, 0.25) is 0 Å². The molecule has 0 spiro atoms. The number of amides is 2. The Bertz CT molecular complexity index is 271. The highest BCUT2D eigenvalue weighted by Crippen LogP contribution is 2.26. The molecule has 0 saturated carbocycles. The van der Waals surface area contributed by atoms with Crippen molar-refractivity contribution in [3.05, 3.63) is 12.2 Å². The van der Waals surface area contributed by atoms with Crippen LogP contribution in [0.4, 0.5) is 0 Å². The molecule has 4 nitrogen and oxygen atoms in total. The SMILES string of the molecule is C=NC(=O)C1CC=CCC1C(N)=O. The highest BCUT2D eigenvalue weighted by Gasteiger charge is 2.31. The zero-order chi connectivity index (χ0) is 9.84. The number of rotatable bonds is 2. The van der Waals surface area contributed by atoms with Crippen molar-refractivity contribution in [2.75, 3.05) is 0 Å². The Hall–Kier alpha value is -1.45. The van der Waals surface area contributed by atoms with Gasteiger partial charge in [0.05, 0.1) is 11.8 Å². The highest BCUT2D eigenvalue weighted by atomic mass is 16.2. The smallest absolute Gasteiger partial charge is 0.249 e. The van der Waals surface area contributed by atoms with Gasteiger partial charge in [0.15, 0.2) is 0 Å². The predicted molar refractivity (Wildman–Crippen MR) is 49.1 cm³/mol. The molecule has 2 N–H and O–H groups in total. The van der Waals surface area contributed by atoms with Crippen LogP contribution < -0.4 is 5.73 Å². The quantitative estimate of drug-likeness (QED) is 0.489. The molecule has 1 aliphatic carbocycles. The maximum atomic E-state index is 11.2. The average Bonchev–Trinajstić information content (AvgIpc) is 2.16. The number of hydrogen-bond donors (Lipinski definition) is 1. The molecule has 0 heterocycles. The maximum absolute atomic E-state index is 11.2. The number of allylic oxidation sites excluding steroid dienone is 2. The van der Waals surface area contributed by atoms with E-state index in [1.54, 1.807) is 0 Å². The predicted octanol–water partition coefficient (Wildman–Crippen LogP) is 0.281. The Kier molecular flexibility index (Phi) is 2.95. The fourth-order valence-electron chi connectivity index (χ4n) is 1.52. The Morgan fingerprint density at radius 2 is 1.85 bits per heavy atom. The molecule has 0 bridgehead atoms. The first kappa shape index (κ1) is 9.64. The van der Waals surface area contributed by atoms with Gasteiger partial charge in [-0.1, -0.05) is 12.2 Å². The van der Waals surface area contributed by atoms with Crippen LogP contribution in [0.3, 0.4) is 0 Å². The number of hydrogen-bond acceptors (Lipinski definition) is 2. The Labute approximate surface area is 76.5 Å². The van der Waals surface area contributed by atoms with Crippen LogP contribution in [-0.4, -0.2) is 18.5 Å². The monoisotopic (exact) mass is 180 g/mol. The third kappa shape index (κ3) is 2.02. The van der Waals surface area contributed by atoms with Gasteiger partial charge < -0.3 is 5.73 Å². The van der Waals surface area contributed by atoms with Gasteiger partial charge in [0.1, 0.15) is 0 Å². The van der Waals surface area contributed by atoms with Gasteiger partial charge in [0.2, 0.25) is 11.8 Å². The van der Waals surface area contributed by atoms with Gasteiger partial charge >= 0.3 is 0 Å². The second-order valence-electron chi connectivity index (χ2n) is 3.05. The minimum absolute atomic E-state index is 0.340. The van der Waals surface area contributed by atoms with Crippen LogP contribution in [0.5, 0.6) is 0 Å².